The Morgan fingerprint density at radius 3 is 2.55 bits per heavy atom. The second-order valence-electron chi connectivity index (χ2n) is 4.49. The lowest BCUT2D eigenvalue weighted by atomic mass is 10.0. The van der Waals surface area contributed by atoms with Crippen LogP contribution in [-0.4, -0.2) is 15.9 Å². The Morgan fingerprint density at radius 1 is 1.20 bits per heavy atom. The Labute approximate surface area is 127 Å². The summed E-state index contributed by atoms with van der Waals surface area (Å²) in [5.41, 5.74) is 5.41. The van der Waals surface area contributed by atoms with Crippen LogP contribution in [0.15, 0.2) is 41.6 Å². The van der Waals surface area contributed by atoms with E-state index in [0.29, 0.717) is 10.7 Å². The molecule has 0 atom stereocenters. The smallest absolute Gasteiger partial charge is 0.172 e. The first-order valence-electron chi connectivity index (χ1n) is 6.15. The van der Waals surface area contributed by atoms with Crippen molar-refractivity contribution in [1.29, 1.82) is 0 Å². The zero-order chi connectivity index (χ0) is 14.5. The molecular weight excluding hydrogens is 295 g/mol. The minimum atomic E-state index is 0.151. The van der Waals surface area contributed by atoms with Gasteiger partial charge in [-0.1, -0.05) is 67.4 Å². The summed E-state index contributed by atoms with van der Waals surface area (Å²) in [6.45, 7) is 4.15. The van der Waals surface area contributed by atoms with E-state index < -0.39 is 0 Å². The van der Waals surface area contributed by atoms with Gasteiger partial charge in [0.15, 0.2) is 5.15 Å². The van der Waals surface area contributed by atoms with E-state index in [0.717, 1.165) is 11.3 Å². The molecule has 0 spiro atoms. The van der Waals surface area contributed by atoms with Crippen molar-refractivity contribution < 1.29 is 0 Å². The van der Waals surface area contributed by atoms with Crippen molar-refractivity contribution in [3.63, 3.8) is 0 Å². The molecule has 6 heteroatoms. The second kappa shape index (κ2) is 6.68. The first-order chi connectivity index (χ1) is 9.59. The Bertz CT molecular complexity index is 612. The number of hydrogen-bond acceptors (Lipinski definition) is 4. The lowest BCUT2D eigenvalue weighted by Crippen LogP contribution is -2.12. The number of benzene rings is 1. The molecule has 1 N–H and O–H groups in total. The van der Waals surface area contributed by atoms with Crippen LogP contribution < -0.4 is 5.43 Å². The average molecular weight is 309 g/mol. The van der Waals surface area contributed by atoms with Gasteiger partial charge in [0.25, 0.3) is 0 Å². The fourth-order valence-electron chi connectivity index (χ4n) is 1.68. The Balaban J connectivity index is 2.29. The summed E-state index contributed by atoms with van der Waals surface area (Å²) in [7, 11) is 0. The van der Waals surface area contributed by atoms with Crippen molar-refractivity contribution in [2.45, 2.75) is 13.8 Å². The number of anilines is 1. The Morgan fingerprint density at radius 2 is 1.90 bits per heavy atom. The zero-order valence-corrected chi connectivity index (χ0v) is 12.7. The molecule has 0 radical (unpaired) electrons. The third kappa shape index (κ3) is 3.46. The molecule has 0 aliphatic carbocycles. The van der Waals surface area contributed by atoms with E-state index in [1.807, 2.05) is 30.3 Å². The summed E-state index contributed by atoms with van der Waals surface area (Å²) in [6, 6.07) is 9.95. The molecule has 2 rings (SSSR count). The summed E-state index contributed by atoms with van der Waals surface area (Å²) in [6.07, 6.45) is 1.49. The third-order valence-electron chi connectivity index (χ3n) is 2.66. The van der Waals surface area contributed by atoms with Gasteiger partial charge in [-0.15, -0.1) is 5.10 Å². The molecule has 0 aliphatic rings. The van der Waals surface area contributed by atoms with Crippen LogP contribution in [0.25, 0.3) is 0 Å². The normalized spacial score (nSPS) is 11.8. The molecule has 0 amide bonds. The van der Waals surface area contributed by atoms with Gasteiger partial charge in [0.05, 0.1) is 17.6 Å². The number of nitrogens with zero attached hydrogens (tertiary/aromatic N) is 3. The molecule has 2 aromatic rings. The largest absolute Gasteiger partial charge is 0.275 e. The molecule has 1 aromatic carbocycles. The van der Waals surface area contributed by atoms with E-state index in [1.165, 1.54) is 6.20 Å². The van der Waals surface area contributed by atoms with Crippen LogP contribution in [0.4, 0.5) is 5.69 Å². The van der Waals surface area contributed by atoms with Gasteiger partial charge >= 0.3 is 0 Å². The molecule has 1 aromatic heterocycles. The van der Waals surface area contributed by atoms with Crippen LogP contribution in [0.1, 0.15) is 19.4 Å². The first kappa shape index (κ1) is 14.8. The number of halogens is 2. The number of hydrogen-bond donors (Lipinski definition) is 1. The van der Waals surface area contributed by atoms with E-state index in [9.17, 15) is 0 Å². The zero-order valence-electron chi connectivity index (χ0n) is 11.1. The van der Waals surface area contributed by atoms with E-state index in [2.05, 4.69) is 34.6 Å². The van der Waals surface area contributed by atoms with Gasteiger partial charge < -0.3 is 0 Å². The highest BCUT2D eigenvalue weighted by Gasteiger charge is 2.10. The van der Waals surface area contributed by atoms with Crippen LogP contribution in [0.3, 0.4) is 0 Å². The molecule has 20 heavy (non-hydrogen) atoms. The predicted molar refractivity (Wildman–Crippen MR) is 83.5 cm³/mol. The van der Waals surface area contributed by atoms with E-state index in [-0.39, 0.29) is 11.1 Å². The van der Waals surface area contributed by atoms with Gasteiger partial charge in [0.2, 0.25) is 0 Å². The lowest BCUT2D eigenvalue weighted by molar-refractivity contribution is 0.880. The number of aromatic nitrogens is 2. The standard InChI is InChI=1S/C14H14Cl2N4/c1-9(2)13(10-6-4-3-5-7-10)19-18-11-8-17-20-14(16)12(11)15/h3-9H,1-2H3,(H,18,20). The Hall–Kier alpha value is -1.65. The number of rotatable bonds is 4. The van der Waals surface area contributed by atoms with E-state index in [4.69, 9.17) is 23.2 Å². The molecule has 0 saturated heterocycles. The van der Waals surface area contributed by atoms with Crippen molar-refractivity contribution in [2.75, 3.05) is 5.43 Å². The van der Waals surface area contributed by atoms with Gasteiger partial charge in [0.1, 0.15) is 5.02 Å². The second-order valence-corrected chi connectivity index (χ2v) is 5.23. The fourth-order valence-corrected chi connectivity index (χ4v) is 1.96. The fraction of sp³-hybridized carbons (Fsp3) is 0.214. The Kier molecular flexibility index (Phi) is 4.93. The summed E-state index contributed by atoms with van der Waals surface area (Å²) >= 11 is 11.9. The monoisotopic (exact) mass is 308 g/mol. The molecule has 1 heterocycles. The first-order valence-corrected chi connectivity index (χ1v) is 6.91. The van der Waals surface area contributed by atoms with Gasteiger partial charge in [-0.3, -0.25) is 5.43 Å². The maximum atomic E-state index is 6.04. The molecule has 0 saturated carbocycles. The van der Waals surface area contributed by atoms with Crippen molar-refractivity contribution in [2.24, 2.45) is 11.0 Å². The van der Waals surface area contributed by atoms with Crippen molar-refractivity contribution in [3.05, 3.63) is 52.3 Å². The van der Waals surface area contributed by atoms with E-state index in [1.54, 1.807) is 0 Å². The molecule has 0 aliphatic heterocycles. The molecule has 0 unspecified atom stereocenters. The predicted octanol–water partition coefficient (Wildman–Crippen LogP) is 4.26. The van der Waals surface area contributed by atoms with Crippen LogP contribution in [0, 0.1) is 5.92 Å². The van der Waals surface area contributed by atoms with Crippen LogP contribution >= 0.6 is 23.2 Å². The van der Waals surface area contributed by atoms with Gasteiger partial charge in [-0.25, -0.2) is 0 Å². The summed E-state index contributed by atoms with van der Waals surface area (Å²) in [4.78, 5) is 0. The van der Waals surface area contributed by atoms with Crippen LogP contribution in [0.5, 0.6) is 0 Å². The molecule has 104 valence electrons. The molecular formula is C14H14Cl2N4. The quantitative estimate of drug-likeness (QED) is 0.678. The van der Waals surface area contributed by atoms with Crippen LogP contribution in [-0.2, 0) is 0 Å². The SMILES string of the molecule is CC(C)C(=NNc1cnnc(Cl)c1Cl)c1ccccc1. The van der Waals surface area contributed by atoms with Crippen molar-refractivity contribution >= 4 is 34.6 Å². The average Bonchev–Trinajstić information content (AvgIpc) is 2.44. The van der Waals surface area contributed by atoms with Gasteiger partial charge in [0, 0.05) is 0 Å². The van der Waals surface area contributed by atoms with Gasteiger partial charge in [-0.2, -0.15) is 10.2 Å². The third-order valence-corrected chi connectivity index (χ3v) is 3.41. The summed E-state index contributed by atoms with van der Waals surface area (Å²) in [5.74, 6) is 0.258. The highest BCUT2D eigenvalue weighted by Crippen LogP contribution is 2.26. The minimum absolute atomic E-state index is 0.151. The summed E-state index contributed by atoms with van der Waals surface area (Å²) < 4.78 is 0. The van der Waals surface area contributed by atoms with Crippen molar-refractivity contribution in [3.8, 4) is 0 Å². The van der Waals surface area contributed by atoms with E-state index >= 15 is 0 Å². The van der Waals surface area contributed by atoms with Crippen LogP contribution in [0.2, 0.25) is 10.2 Å². The molecule has 0 fully saturated rings. The maximum absolute atomic E-state index is 6.04. The highest BCUT2D eigenvalue weighted by molar-refractivity contribution is 6.42. The maximum Gasteiger partial charge on any atom is 0.172 e. The number of hydrazone groups is 1. The summed E-state index contributed by atoms with van der Waals surface area (Å²) in [5, 5.41) is 12.3. The number of nitrogens with one attached hydrogen (secondary N) is 1. The lowest BCUT2D eigenvalue weighted by Gasteiger charge is -2.11. The minimum Gasteiger partial charge on any atom is -0.275 e. The van der Waals surface area contributed by atoms with Crippen molar-refractivity contribution in [1.82, 2.24) is 10.2 Å². The molecule has 0 bridgehead atoms. The van der Waals surface area contributed by atoms with Gasteiger partial charge in [-0.05, 0) is 11.5 Å². The topological polar surface area (TPSA) is 50.2 Å². The molecule has 4 nitrogen and oxygen atoms in total. The highest BCUT2D eigenvalue weighted by atomic mass is 35.5.